The first-order valence-electron chi connectivity index (χ1n) is 7.24. The van der Waals surface area contributed by atoms with Crippen LogP contribution in [0.25, 0.3) is 6.08 Å². The molecule has 1 N–H and O–H groups in total. The van der Waals surface area contributed by atoms with E-state index in [0.29, 0.717) is 11.1 Å². The Morgan fingerprint density at radius 1 is 1.23 bits per heavy atom. The van der Waals surface area contributed by atoms with Crippen molar-refractivity contribution in [1.82, 2.24) is 0 Å². The Morgan fingerprint density at radius 2 is 1.88 bits per heavy atom. The molecule has 138 valence electrons. The summed E-state index contributed by atoms with van der Waals surface area (Å²) in [6.07, 6.45) is -2.24. The van der Waals surface area contributed by atoms with Crippen LogP contribution in [0.4, 0.5) is 13.2 Å². The number of benzene rings is 2. The van der Waals surface area contributed by atoms with Crippen LogP contribution in [0, 0.1) is 6.92 Å². The van der Waals surface area contributed by atoms with Crippen molar-refractivity contribution < 1.29 is 23.1 Å². The smallest absolute Gasteiger partial charge is 0.399 e. The van der Waals surface area contributed by atoms with Crippen LogP contribution in [0.1, 0.15) is 33.0 Å². The minimum atomic E-state index is -4.53. The van der Waals surface area contributed by atoms with Crippen LogP contribution in [0.5, 0.6) is 0 Å². The molecule has 0 fully saturated rings. The maximum Gasteiger partial charge on any atom is 0.399 e. The lowest BCUT2D eigenvalue weighted by atomic mass is 9.95. The molecule has 0 saturated carbocycles. The molecule has 2 rings (SSSR count). The lowest BCUT2D eigenvalue weighted by molar-refractivity contribution is -0.139. The Morgan fingerprint density at radius 3 is 2.38 bits per heavy atom. The number of hydrogen-bond donors (Lipinski definition) is 1. The predicted octanol–water partition coefficient (Wildman–Crippen LogP) is 7.12. The topological polar surface area (TPSA) is 37.3 Å². The second-order valence-corrected chi connectivity index (χ2v) is 7.20. The zero-order valence-electron chi connectivity index (χ0n) is 13.2. The van der Waals surface area contributed by atoms with E-state index in [4.69, 9.17) is 28.3 Å². The molecule has 0 saturated heterocycles. The van der Waals surface area contributed by atoms with Gasteiger partial charge >= 0.3 is 12.1 Å². The molecule has 0 aliphatic rings. The summed E-state index contributed by atoms with van der Waals surface area (Å²) in [5.74, 6) is -3.01. The van der Waals surface area contributed by atoms with Crippen molar-refractivity contribution in [3.63, 3.8) is 0 Å². The van der Waals surface area contributed by atoms with E-state index in [0.717, 1.165) is 6.08 Å². The first kappa shape index (κ1) is 20.8. The van der Waals surface area contributed by atoms with Gasteiger partial charge < -0.3 is 5.11 Å². The van der Waals surface area contributed by atoms with Crippen molar-refractivity contribution in [2.24, 2.45) is 0 Å². The molecule has 0 amide bonds. The molecule has 2 nitrogen and oxygen atoms in total. The van der Waals surface area contributed by atoms with Crippen LogP contribution >= 0.6 is 39.1 Å². The van der Waals surface area contributed by atoms with Crippen LogP contribution in [-0.4, -0.2) is 17.3 Å². The van der Waals surface area contributed by atoms with Crippen molar-refractivity contribution in [3.8, 4) is 0 Å². The standard InChI is InChI=1S/C18H12BrCl2F3O2/c1-9-6-11(8-15(20)16(9)21)13(18(22,23)24)5-3-10-2-4-12(17(25)26)14(19)7-10/h2-8,13H,1H3,(H,25,26)/b5-3+. The van der Waals surface area contributed by atoms with Gasteiger partial charge in [-0.1, -0.05) is 47.5 Å². The fraction of sp³-hybridized carbons (Fsp3) is 0.167. The third kappa shape index (κ3) is 4.81. The second kappa shape index (κ2) is 8.03. The van der Waals surface area contributed by atoms with Gasteiger partial charge in [-0.3, -0.25) is 0 Å². The molecular weight excluding hydrogens is 456 g/mol. The minimum absolute atomic E-state index is 0.0228. The van der Waals surface area contributed by atoms with E-state index in [9.17, 15) is 18.0 Å². The first-order chi connectivity index (χ1) is 12.0. The quantitative estimate of drug-likeness (QED) is 0.519. The van der Waals surface area contributed by atoms with Gasteiger partial charge in [-0.15, -0.1) is 0 Å². The maximum absolute atomic E-state index is 13.5. The molecule has 0 radical (unpaired) electrons. The highest BCUT2D eigenvalue weighted by molar-refractivity contribution is 9.10. The normalized spacial score (nSPS) is 13.2. The number of carboxylic acids is 1. The van der Waals surface area contributed by atoms with Crippen LogP contribution in [0.3, 0.4) is 0 Å². The van der Waals surface area contributed by atoms with Gasteiger partial charge in [0.2, 0.25) is 0 Å². The van der Waals surface area contributed by atoms with Crippen molar-refractivity contribution >= 4 is 51.2 Å². The zero-order chi connectivity index (χ0) is 19.6. The number of carboxylic acid groups (broad SMARTS) is 1. The van der Waals surface area contributed by atoms with E-state index in [2.05, 4.69) is 15.9 Å². The SMILES string of the molecule is Cc1cc(C(/C=C/c2ccc(C(=O)O)c(Br)c2)C(F)(F)F)cc(Cl)c1Cl. The molecule has 8 heteroatoms. The lowest BCUT2D eigenvalue weighted by Gasteiger charge is -2.19. The fourth-order valence-corrected chi connectivity index (χ4v) is 3.31. The minimum Gasteiger partial charge on any atom is -0.478 e. The van der Waals surface area contributed by atoms with E-state index in [1.807, 2.05) is 0 Å². The molecular formula is C18H12BrCl2F3O2. The van der Waals surface area contributed by atoms with Crippen molar-refractivity contribution in [2.45, 2.75) is 19.0 Å². The van der Waals surface area contributed by atoms with Gasteiger partial charge in [0.25, 0.3) is 0 Å². The molecule has 1 atom stereocenters. The van der Waals surface area contributed by atoms with Gasteiger partial charge in [-0.2, -0.15) is 13.2 Å². The number of halogens is 6. The summed E-state index contributed by atoms with van der Waals surface area (Å²) in [5, 5.41) is 9.25. The third-order valence-corrected chi connectivity index (χ3v) is 5.20. The van der Waals surface area contributed by atoms with Crippen LogP contribution in [0.2, 0.25) is 10.0 Å². The number of allylic oxidation sites excluding steroid dienone is 1. The highest BCUT2D eigenvalue weighted by Crippen LogP contribution is 2.39. The summed E-state index contributed by atoms with van der Waals surface area (Å²) >= 11 is 14.9. The highest BCUT2D eigenvalue weighted by Gasteiger charge is 2.39. The van der Waals surface area contributed by atoms with Crippen LogP contribution in [0.15, 0.2) is 40.9 Å². The van der Waals surface area contributed by atoms with Crippen molar-refractivity contribution in [1.29, 1.82) is 0 Å². The van der Waals surface area contributed by atoms with Crippen LogP contribution < -0.4 is 0 Å². The Labute approximate surface area is 166 Å². The molecule has 0 spiro atoms. The Hall–Kier alpha value is -1.50. The Kier molecular flexibility index (Phi) is 6.42. The van der Waals surface area contributed by atoms with Gasteiger partial charge in [0, 0.05) is 4.47 Å². The van der Waals surface area contributed by atoms with Gasteiger partial charge in [0.1, 0.15) is 0 Å². The number of alkyl halides is 3. The van der Waals surface area contributed by atoms with Gasteiger partial charge in [-0.25, -0.2) is 4.79 Å². The number of carbonyl (C=O) groups is 1. The molecule has 1 unspecified atom stereocenters. The van der Waals surface area contributed by atoms with Crippen molar-refractivity contribution in [3.05, 3.63) is 73.2 Å². The first-order valence-corrected chi connectivity index (χ1v) is 8.79. The van der Waals surface area contributed by atoms with E-state index in [-0.39, 0.29) is 25.6 Å². The van der Waals surface area contributed by atoms with Gasteiger partial charge in [-0.05, 0) is 57.7 Å². The molecule has 26 heavy (non-hydrogen) atoms. The largest absolute Gasteiger partial charge is 0.478 e. The van der Waals surface area contributed by atoms with Crippen LogP contribution in [-0.2, 0) is 0 Å². The molecule has 0 aliphatic heterocycles. The molecule has 0 aromatic heterocycles. The fourth-order valence-electron chi connectivity index (χ4n) is 2.36. The number of hydrogen-bond acceptors (Lipinski definition) is 1. The summed E-state index contributed by atoms with van der Waals surface area (Å²) in [6.45, 7) is 1.58. The summed E-state index contributed by atoms with van der Waals surface area (Å²) in [5.41, 5.74) is 0.870. The predicted molar refractivity (Wildman–Crippen MR) is 100 cm³/mol. The monoisotopic (exact) mass is 466 g/mol. The molecule has 0 bridgehead atoms. The molecule has 0 aliphatic carbocycles. The van der Waals surface area contributed by atoms with E-state index < -0.39 is 18.1 Å². The molecule has 2 aromatic rings. The lowest BCUT2D eigenvalue weighted by Crippen LogP contribution is -2.19. The average molecular weight is 468 g/mol. The summed E-state index contributed by atoms with van der Waals surface area (Å²) in [7, 11) is 0. The summed E-state index contributed by atoms with van der Waals surface area (Å²) in [6, 6.07) is 6.73. The second-order valence-electron chi connectivity index (χ2n) is 5.56. The zero-order valence-corrected chi connectivity index (χ0v) is 16.3. The number of aromatic carboxylic acids is 1. The highest BCUT2D eigenvalue weighted by atomic mass is 79.9. The number of aryl methyl sites for hydroxylation is 1. The average Bonchev–Trinajstić information content (AvgIpc) is 2.51. The van der Waals surface area contributed by atoms with E-state index in [1.165, 1.54) is 36.4 Å². The molecule has 0 heterocycles. The van der Waals surface area contributed by atoms with Gasteiger partial charge in [0.05, 0.1) is 21.5 Å². The Balaban J connectivity index is 2.42. The maximum atomic E-state index is 13.5. The van der Waals surface area contributed by atoms with Gasteiger partial charge in [0.15, 0.2) is 0 Å². The van der Waals surface area contributed by atoms with Crippen molar-refractivity contribution in [2.75, 3.05) is 0 Å². The summed E-state index contributed by atoms with van der Waals surface area (Å²) < 4.78 is 40.8. The summed E-state index contributed by atoms with van der Waals surface area (Å²) in [4.78, 5) is 11.0. The Bertz CT molecular complexity index is 856. The van der Waals surface area contributed by atoms with E-state index >= 15 is 0 Å². The third-order valence-electron chi connectivity index (χ3n) is 3.65. The van der Waals surface area contributed by atoms with E-state index in [1.54, 1.807) is 6.92 Å². The number of rotatable bonds is 4. The molecule has 2 aromatic carbocycles.